The standard InChI is InChI=1S/C15H15IN2O/c16-18-11-15(17,10-12-6-2-1-3-7-12)13-8-4-5-9-14(13)19-18/h1-9H,10-11,17H2. The zero-order chi connectivity index (χ0) is 13.3. The molecule has 4 heteroatoms. The van der Waals surface area contributed by atoms with Crippen LogP contribution in [0.3, 0.4) is 0 Å². The van der Waals surface area contributed by atoms with Crippen LogP contribution in [0.1, 0.15) is 11.1 Å². The zero-order valence-electron chi connectivity index (χ0n) is 10.4. The maximum atomic E-state index is 6.67. The Labute approximate surface area is 126 Å². The first-order valence-corrected chi connectivity index (χ1v) is 7.17. The van der Waals surface area contributed by atoms with Gasteiger partial charge in [0.25, 0.3) is 0 Å². The van der Waals surface area contributed by atoms with Crippen molar-refractivity contribution in [2.75, 3.05) is 6.54 Å². The second-order valence-corrected chi connectivity index (χ2v) is 5.96. The molecule has 0 bridgehead atoms. The summed E-state index contributed by atoms with van der Waals surface area (Å²) < 4.78 is 1.78. The van der Waals surface area contributed by atoms with Gasteiger partial charge in [-0.3, -0.25) is 0 Å². The highest BCUT2D eigenvalue weighted by molar-refractivity contribution is 14.1. The molecule has 2 aromatic carbocycles. The SMILES string of the molecule is NC1(Cc2ccccc2)CN(I)Oc2ccccc21. The van der Waals surface area contributed by atoms with Gasteiger partial charge < -0.3 is 10.6 Å². The molecule has 0 fully saturated rings. The molecule has 3 nitrogen and oxygen atoms in total. The van der Waals surface area contributed by atoms with Crippen LogP contribution in [0.2, 0.25) is 0 Å². The lowest BCUT2D eigenvalue weighted by Crippen LogP contribution is -2.50. The average Bonchev–Trinajstić information content (AvgIpc) is 2.39. The Morgan fingerprint density at radius 2 is 1.79 bits per heavy atom. The number of hydrogen-bond donors (Lipinski definition) is 1. The Balaban J connectivity index is 1.99. The maximum Gasteiger partial charge on any atom is 0.153 e. The van der Waals surface area contributed by atoms with Gasteiger partial charge in [0, 0.05) is 5.56 Å². The van der Waals surface area contributed by atoms with E-state index in [0.717, 1.165) is 17.7 Å². The maximum absolute atomic E-state index is 6.67. The molecule has 1 aliphatic rings. The van der Waals surface area contributed by atoms with E-state index in [1.54, 1.807) is 3.28 Å². The van der Waals surface area contributed by atoms with E-state index >= 15 is 0 Å². The molecule has 1 unspecified atom stereocenters. The minimum absolute atomic E-state index is 0.419. The third-order valence-electron chi connectivity index (χ3n) is 3.39. The molecule has 1 heterocycles. The van der Waals surface area contributed by atoms with E-state index in [1.807, 2.05) is 36.4 Å². The molecule has 0 aliphatic carbocycles. The number of nitrogens with two attached hydrogens (primary N) is 1. The van der Waals surface area contributed by atoms with Crippen LogP contribution in [-0.4, -0.2) is 9.82 Å². The van der Waals surface area contributed by atoms with E-state index < -0.39 is 5.54 Å². The first-order chi connectivity index (χ1) is 9.17. The molecular weight excluding hydrogens is 351 g/mol. The lowest BCUT2D eigenvalue weighted by Gasteiger charge is -2.38. The number of benzene rings is 2. The highest BCUT2D eigenvalue weighted by Gasteiger charge is 2.37. The van der Waals surface area contributed by atoms with Gasteiger partial charge in [-0.15, -0.1) is 0 Å². The van der Waals surface area contributed by atoms with Crippen LogP contribution in [0.5, 0.6) is 5.75 Å². The summed E-state index contributed by atoms with van der Waals surface area (Å²) in [7, 11) is 0. The number of hydrogen-bond acceptors (Lipinski definition) is 3. The summed E-state index contributed by atoms with van der Waals surface area (Å²) >= 11 is 2.15. The van der Waals surface area contributed by atoms with Crippen molar-refractivity contribution in [1.29, 1.82) is 0 Å². The summed E-state index contributed by atoms with van der Waals surface area (Å²) in [4.78, 5) is 5.70. The van der Waals surface area contributed by atoms with Crippen molar-refractivity contribution in [3.8, 4) is 5.75 Å². The Hall–Kier alpha value is -1.11. The van der Waals surface area contributed by atoms with Gasteiger partial charge in [-0.2, -0.15) is 0 Å². The molecule has 0 saturated carbocycles. The minimum Gasteiger partial charge on any atom is -0.396 e. The van der Waals surface area contributed by atoms with Gasteiger partial charge in [0.2, 0.25) is 0 Å². The normalized spacial score (nSPS) is 22.6. The molecular formula is C15H15IN2O. The molecule has 1 aliphatic heterocycles. The number of rotatable bonds is 2. The zero-order valence-corrected chi connectivity index (χ0v) is 12.6. The monoisotopic (exact) mass is 366 g/mol. The first-order valence-electron chi connectivity index (χ1n) is 6.21. The predicted molar refractivity (Wildman–Crippen MR) is 83.8 cm³/mol. The Morgan fingerprint density at radius 3 is 2.58 bits per heavy atom. The third-order valence-corrected chi connectivity index (χ3v) is 3.93. The van der Waals surface area contributed by atoms with Crippen molar-refractivity contribution in [2.24, 2.45) is 5.73 Å². The van der Waals surface area contributed by atoms with Crippen LogP contribution in [-0.2, 0) is 12.0 Å². The molecule has 0 aromatic heterocycles. The summed E-state index contributed by atoms with van der Waals surface area (Å²) in [5.41, 5.74) is 8.57. The smallest absolute Gasteiger partial charge is 0.153 e. The number of para-hydroxylation sites is 1. The van der Waals surface area contributed by atoms with Crippen LogP contribution >= 0.6 is 22.9 Å². The predicted octanol–water partition coefficient (Wildman–Crippen LogP) is 3.04. The summed E-state index contributed by atoms with van der Waals surface area (Å²) in [5, 5.41) is 0. The van der Waals surface area contributed by atoms with Crippen molar-refractivity contribution >= 4 is 22.9 Å². The molecule has 0 saturated heterocycles. The van der Waals surface area contributed by atoms with Crippen LogP contribution < -0.4 is 10.6 Å². The van der Waals surface area contributed by atoms with Crippen molar-refractivity contribution in [3.05, 3.63) is 65.7 Å². The molecule has 98 valence electrons. The molecule has 3 rings (SSSR count). The Bertz CT molecular complexity index is 575. The summed E-state index contributed by atoms with van der Waals surface area (Å²) in [6.07, 6.45) is 0.799. The van der Waals surface area contributed by atoms with Crippen LogP contribution in [0.15, 0.2) is 54.6 Å². The van der Waals surface area contributed by atoms with Gasteiger partial charge in [-0.1, -0.05) is 51.8 Å². The van der Waals surface area contributed by atoms with Gasteiger partial charge in [0.1, 0.15) is 0 Å². The first kappa shape index (κ1) is 12.9. The Morgan fingerprint density at radius 1 is 1.11 bits per heavy atom. The molecule has 1 atom stereocenters. The van der Waals surface area contributed by atoms with E-state index in [9.17, 15) is 0 Å². The van der Waals surface area contributed by atoms with E-state index in [2.05, 4.69) is 41.1 Å². The van der Waals surface area contributed by atoms with Crippen molar-refractivity contribution < 1.29 is 4.84 Å². The molecule has 0 amide bonds. The Kier molecular flexibility index (Phi) is 3.47. The number of fused-ring (bicyclic) bond motifs is 1. The van der Waals surface area contributed by atoms with Gasteiger partial charge in [-0.25, -0.2) is 0 Å². The van der Waals surface area contributed by atoms with E-state index in [4.69, 9.17) is 10.6 Å². The summed E-state index contributed by atoms with van der Waals surface area (Å²) in [6.45, 7) is 0.666. The fraction of sp³-hybridized carbons (Fsp3) is 0.200. The van der Waals surface area contributed by atoms with E-state index in [1.165, 1.54) is 5.56 Å². The van der Waals surface area contributed by atoms with E-state index in [-0.39, 0.29) is 0 Å². The summed E-state index contributed by atoms with van der Waals surface area (Å²) in [6, 6.07) is 18.4. The van der Waals surface area contributed by atoms with Gasteiger partial charge in [0.15, 0.2) is 5.75 Å². The third kappa shape index (κ3) is 2.61. The topological polar surface area (TPSA) is 38.5 Å². The highest BCUT2D eigenvalue weighted by Crippen LogP contribution is 2.37. The largest absolute Gasteiger partial charge is 0.396 e. The molecule has 2 N–H and O–H groups in total. The van der Waals surface area contributed by atoms with Crippen LogP contribution in [0, 0.1) is 0 Å². The van der Waals surface area contributed by atoms with Gasteiger partial charge in [-0.05, 0) is 18.1 Å². The lowest BCUT2D eigenvalue weighted by atomic mass is 9.83. The number of hydroxylamine groups is 1. The van der Waals surface area contributed by atoms with Crippen molar-refractivity contribution in [2.45, 2.75) is 12.0 Å². The fourth-order valence-corrected chi connectivity index (χ4v) is 3.34. The molecule has 2 aromatic rings. The van der Waals surface area contributed by atoms with Crippen molar-refractivity contribution in [3.63, 3.8) is 0 Å². The second-order valence-electron chi connectivity index (χ2n) is 4.88. The minimum atomic E-state index is -0.419. The second kappa shape index (κ2) is 5.11. The van der Waals surface area contributed by atoms with Gasteiger partial charge in [0.05, 0.1) is 34.9 Å². The molecule has 0 spiro atoms. The average molecular weight is 366 g/mol. The molecule has 0 radical (unpaired) electrons. The van der Waals surface area contributed by atoms with Crippen molar-refractivity contribution in [1.82, 2.24) is 3.28 Å². The lowest BCUT2D eigenvalue weighted by molar-refractivity contribution is 0.0261. The van der Waals surface area contributed by atoms with Gasteiger partial charge >= 0.3 is 0 Å². The summed E-state index contributed by atoms with van der Waals surface area (Å²) in [5.74, 6) is 0.849. The highest BCUT2D eigenvalue weighted by atomic mass is 127. The number of halogens is 1. The van der Waals surface area contributed by atoms with Crippen LogP contribution in [0.4, 0.5) is 0 Å². The quantitative estimate of drug-likeness (QED) is 0.656. The fourth-order valence-electron chi connectivity index (χ4n) is 2.51. The van der Waals surface area contributed by atoms with Crippen LogP contribution in [0.25, 0.3) is 0 Å². The number of nitrogens with zero attached hydrogens (tertiary/aromatic N) is 1. The molecule has 19 heavy (non-hydrogen) atoms. The van der Waals surface area contributed by atoms with E-state index in [0.29, 0.717) is 6.54 Å².